The van der Waals surface area contributed by atoms with Gasteiger partial charge in [0.15, 0.2) is 0 Å². The van der Waals surface area contributed by atoms with Gasteiger partial charge in [0, 0.05) is 39.2 Å². The Morgan fingerprint density at radius 3 is 2.06 bits per heavy atom. The van der Waals surface area contributed by atoms with E-state index in [1.807, 2.05) is 6.07 Å². The highest BCUT2D eigenvalue weighted by molar-refractivity contribution is 6.23. The van der Waals surface area contributed by atoms with Crippen LogP contribution in [0.25, 0.3) is 54.9 Å². The van der Waals surface area contributed by atoms with Gasteiger partial charge in [0.25, 0.3) is 0 Å². The predicted octanol–water partition coefficient (Wildman–Crippen LogP) is 8.41. The third-order valence-corrected chi connectivity index (χ3v) is 6.64. The molecule has 33 heavy (non-hydrogen) atoms. The van der Waals surface area contributed by atoms with E-state index in [9.17, 15) is 0 Å². The molecule has 0 fully saturated rings. The molecule has 0 radical (unpaired) electrons. The summed E-state index contributed by atoms with van der Waals surface area (Å²) in [7, 11) is 0. The number of aromatic nitrogens is 1. The molecule has 0 bridgehead atoms. The average molecular weight is 424 g/mol. The first kappa shape index (κ1) is 18.3. The molecule has 0 amide bonds. The van der Waals surface area contributed by atoms with Gasteiger partial charge < -0.3 is 8.98 Å². The summed E-state index contributed by atoms with van der Waals surface area (Å²) in [5, 5.41) is 4.86. The van der Waals surface area contributed by atoms with E-state index in [4.69, 9.17) is 4.42 Å². The van der Waals surface area contributed by atoms with Crippen LogP contribution in [0.5, 0.6) is 0 Å². The van der Waals surface area contributed by atoms with E-state index in [1.54, 1.807) is 0 Å². The van der Waals surface area contributed by atoms with Crippen molar-refractivity contribution >= 4 is 43.7 Å². The van der Waals surface area contributed by atoms with Crippen LogP contribution in [-0.4, -0.2) is 4.57 Å². The molecule has 0 saturated carbocycles. The van der Waals surface area contributed by atoms with Gasteiger partial charge in [-0.15, -0.1) is 0 Å². The Kier molecular flexibility index (Phi) is 3.94. The summed E-state index contributed by atoms with van der Waals surface area (Å²) in [5.74, 6) is 0. The average Bonchev–Trinajstić information content (AvgIpc) is 3.40. The number of furan rings is 1. The minimum absolute atomic E-state index is 0.802. The molecule has 5 aromatic carbocycles. The smallest absolute Gasteiger partial charge is 0.145 e. The number of fused-ring (bicyclic) bond motifs is 6. The number of benzene rings is 5. The van der Waals surface area contributed by atoms with Gasteiger partial charge in [-0.2, -0.15) is 0 Å². The van der Waals surface area contributed by atoms with Crippen LogP contribution in [0.1, 0.15) is 5.56 Å². The molecule has 0 atom stereocenters. The monoisotopic (exact) mass is 423 g/mol. The van der Waals surface area contributed by atoms with Gasteiger partial charge in [-0.05, 0) is 29.3 Å². The van der Waals surface area contributed by atoms with Gasteiger partial charge in [0.1, 0.15) is 11.2 Å². The van der Waals surface area contributed by atoms with Gasteiger partial charge in [-0.1, -0.05) is 97.1 Å². The summed E-state index contributed by atoms with van der Waals surface area (Å²) >= 11 is 0. The Bertz CT molecular complexity index is 1770. The van der Waals surface area contributed by atoms with Gasteiger partial charge in [-0.3, -0.25) is 0 Å². The van der Waals surface area contributed by atoms with Gasteiger partial charge in [0.2, 0.25) is 0 Å². The van der Waals surface area contributed by atoms with Crippen molar-refractivity contribution in [2.75, 3.05) is 0 Å². The highest BCUT2D eigenvalue weighted by atomic mass is 16.3. The molecular weight excluding hydrogens is 402 g/mol. The molecular formula is C31H21NO. The molecule has 0 aliphatic carbocycles. The molecule has 0 N–H and O–H groups in total. The zero-order valence-corrected chi connectivity index (χ0v) is 18.0. The Hall–Kier alpha value is -4.30. The third-order valence-electron chi connectivity index (χ3n) is 6.64. The molecule has 7 rings (SSSR count). The van der Waals surface area contributed by atoms with Crippen LogP contribution < -0.4 is 0 Å². The maximum absolute atomic E-state index is 6.53. The van der Waals surface area contributed by atoms with E-state index < -0.39 is 0 Å². The number of hydrogen-bond donors (Lipinski definition) is 0. The first-order valence-electron chi connectivity index (χ1n) is 11.3. The number of hydrogen-bond acceptors (Lipinski definition) is 1. The number of nitrogens with zero attached hydrogens (tertiary/aromatic N) is 1. The van der Waals surface area contributed by atoms with Crippen molar-refractivity contribution in [1.29, 1.82) is 0 Å². The fourth-order valence-electron chi connectivity index (χ4n) is 5.20. The summed E-state index contributed by atoms with van der Waals surface area (Å²) in [5.41, 5.74) is 7.95. The fraction of sp³-hybridized carbons (Fsp3) is 0.0323. The highest BCUT2D eigenvalue weighted by Crippen LogP contribution is 2.44. The standard InChI is InChI=1S/C31H21NO/c1-3-11-21(12-4-1)20-32-27-17-9-7-15-23(27)25-19-26-24-16-8-10-18-28(24)33-31(26)29(30(25)32)22-13-5-2-6-14-22/h1-19H,20H2. The molecule has 0 saturated heterocycles. The highest BCUT2D eigenvalue weighted by Gasteiger charge is 2.21. The van der Waals surface area contributed by atoms with Crippen LogP contribution >= 0.6 is 0 Å². The second-order valence-corrected chi connectivity index (χ2v) is 8.58. The van der Waals surface area contributed by atoms with Crippen LogP contribution in [-0.2, 0) is 6.54 Å². The van der Waals surface area contributed by atoms with E-state index in [0.717, 1.165) is 28.7 Å². The molecule has 0 aliphatic rings. The minimum Gasteiger partial charge on any atom is -0.455 e. The van der Waals surface area contributed by atoms with E-state index in [-0.39, 0.29) is 0 Å². The Morgan fingerprint density at radius 1 is 0.576 bits per heavy atom. The van der Waals surface area contributed by atoms with E-state index in [0.29, 0.717) is 0 Å². The first-order valence-corrected chi connectivity index (χ1v) is 11.3. The lowest BCUT2D eigenvalue weighted by Crippen LogP contribution is -2.00. The first-order chi connectivity index (χ1) is 16.4. The van der Waals surface area contributed by atoms with Crippen LogP contribution in [0.4, 0.5) is 0 Å². The molecule has 0 aliphatic heterocycles. The van der Waals surface area contributed by atoms with E-state index in [1.165, 1.54) is 38.3 Å². The summed E-state index contributed by atoms with van der Waals surface area (Å²) in [6.07, 6.45) is 0. The molecule has 7 aromatic rings. The van der Waals surface area contributed by atoms with Crippen LogP contribution in [0.3, 0.4) is 0 Å². The second kappa shape index (κ2) is 7.11. The molecule has 2 heterocycles. The van der Waals surface area contributed by atoms with Crippen molar-refractivity contribution in [2.24, 2.45) is 0 Å². The molecule has 2 nitrogen and oxygen atoms in total. The quantitative estimate of drug-likeness (QED) is 0.279. The predicted molar refractivity (Wildman–Crippen MR) is 138 cm³/mol. The lowest BCUT2D eigenvalue weighted by atomic mass is 9.98. The zero-order chi connectivity index (χ0) is 21.8. The van der Waals surface area contributed by atoms with Crippen molar-refractivity contribution in [3.05, 3.63) is 121 Å². The van der Waals surface area contributed by atoms with Crippen molar-refractivity contribution in [2.45, 2.75) is 6.54 Å². The number of para-hydroxylation sites is 2. The maximum Gasteiger partial charge on any atom is 0.145 e. The fourth-order valence-corrected chi connectivity index (χ4v) is 5.20. The minimum atomic E-state index is 0.802. The van der Waals surface area contributed by atoms with Crippen molar-refractivity contribution in [3.63, 3.8) is 0 Å². The summed E-state index contributed by atoms with van der Waals surface area (Å²) in [4.78, 5) is 0. The molecule has 2 heteroatoms. The topological polar surface area (TPSA) is 18.1 Å². The number of rotatable bonds is 3. The van der Waals surface area contributed by atoms with E-state index in [2.05, 4.69) is 114 Å². The summed E-state index contributed by atoms with van der Waals surface area (Å²) < 4.78 is 8.99. The SMILES string of the molecule is c1ccc(Cn2c3ccccc3c3cc4c(oc5ccccc54)c(-c4ccccc4)c32)cc1. The lowest BCUT2D eigenvalue weighted by molar-refractivity contribution is 0.670. The zero-order valence-electron chi connectivity index (χ0n) is 18.0. The third kappa shape index (κ3) is 2.74. The Balaban J connectivity index is 1.70. The molecule has 0 spiro atoms. The van der Waals surface area contributed by atoms with Gasteiger partial charge in [-0.25, -0.2) is 0 Å². The maximum atomic E-state index is 6.53. The largest absolute Gasteiger partial charge is 0.455 e. The lowest BCUT2D eigenvalue weighted by Gasteiger charge is -2.12. The van der Waals surface area contributed by atoms with Crippen molar-refractivity contribution in [1.82, 2.24) is 4.57 Å². The van der Waals surface area contributed by atoms with Gasteiger partial charge in [0.05, 0.1) is 5.52 Å². The molecule has 0 unspecified atom stereocenters. The Morgan fingerprint density at radius 2 is 1.24 bits per heavy atom. The normalized spacial score (nSPS) is 11.8. The van der Waals surface area contributed by atoms with Crippen molar-refractivity contribution in [3.8, 4) is 11.1 Å². The van der Waals surface area contributed by atoms with Crippen LogP contribution in [0.15, 0.2) is 120 Å². The van der Waals surface area contributed by atoms with Gasteiger partial charge >= 0.3 is 0 Å². The van der Waals surface area contributed by atoms with Crippen LogP contribution in [0.2, 0.25) is 0 Å². The summed E-state index contributed by atoms with van der Waals surface area (Å²) in [6, 6.07) is 40.7. The second-order valence-electron chi connectivity index (χ2n) is 8.58. The van der Waals surface area contributed by atoms with Crippen LogP contribution in [0, 0.1) is 0 Å². The molecule has 2 aromatic heterocycles. The summed E-state index contributed by atoms with van der Waals surface area (Å²) in [6.45, 7) is 0.802. The van der Waals surface area contributed by atoms with Crippen molar-refractivity contribution < 1.29 is 4.42 Å². The Labute approximate surface area is 191 Å². The van der Waals surface area contributed by atoms with E-state index >= 15 is 0 Å². The molecule has 156 valence electrons.